The van der Waals surface area contributed by atoms with Gasteiger partial charge in [0.25, 0.3) is 8.32 Å². The van der Waals surface area contributed by atoms with Crippen molar-refractivity contribution in [3.8, 4) is 0 Å². The number of carboxylic acid groups (broad SMARTS) is 1. The molecular formula is C36H56O5Si2. The summed E-state index contributed by atoms with van der Waals surface area (Å²) in [5.41, 5.74) is 0. The SMILES string of the molecule is CC[Si](CC)(CC)O[C@@H](C[C@@H]1C[C@H](O[Si](c2ccccc2)(c2ccccc2)C(C)(C)C)[C@@H](C)[C@H](CC(=O)O)O1)[C@@H]1C[C@H]1C. The molecule has 5 nitrogen and oxygen atoms in total. The van der Waals surface area contributed by atoms with Crippen LogP contribution in [0.2, 0.25) is 23.2 Å². The molecule has 2 aromatic carbocycles. The van der Waals surface area contributed by atoms with Crippen molar-refractivity contribution in [1.29, 1.82) is 0 Å². The highest BCUT2D eigenvalue weighted by molar-refractivity contribution is 6.99. The van der Waals surface area contributed by atoms with Crippen molar-refractivity contribution < 1.29 is 23.5 Å². The molecule has 1 aliphatic carbocycles. The van der Waals surface area contributed by atoms with E-state index in [0.29, 0.717) is 11.8 Å². The first kappa shape index (κ1) is 34.1. The van der Waals surface area contributed by atoms with Crippen molar-refractivity contribution in [2.75, 3.05) is 0 Å². The molecule has 0 radical (unpaired) electrons. The summed E-state index contributed by atoms with van der Waals surface area (Å²) in [6, 6.07) is 24.9. The van der Waals surface area contributed by atoms with Crippen molar-refractivity contribution in [3.05, 3.63) is 60.7 Å². The summed E-state index contributed by atoms with van der Waals surface area (Å²) >= 11 is 0. The second-order valence-corrected chi connectivity index (χ2v) is 23.3. The van der Waals surface area contributed by atoms with E-state index in [2.05, 4.69) is 116 Å². The highest BCUT2D eigenvalue weighted by Gasteiger charge is 2.54. The van der Waals surface area contributed by atoms with Crippen LogP contribution in [0.5, 0.6) is 0 Å². The molecule has 7 heteroatoms. The first-order valence-corrected chi connectivity index (χ1v) is 21.2. The van der Waals surface area contributed by atoms with Crippen LogP contribution in [0.4, 0.5) is 0 Å². The summed E-state index contributed by atoms with van der Waals surface area (Å²) in [5, 5.41) is 12.2. The van der Waals surface area contributed by atoms with Crippen LogP contribution in [0.1, 0.15) is 81.1 Å². The van der Waals surface area contributed by atoms with E-state index in [4.69, 9.17) is 13.6 Å². The summed E-state index contributed by atoms with van der Waals surface area (Å²) in [6.45, 7) is 18.3. The zero-order valence-electron chi connectivity index (χ0n) is 27.8. The van der Waals surface area contributed by atoms with Gasteiger partial charge in [0.15, 0.2) is 8.32 Å². The molecule has 1 heterocycles. The molecule has 2 aromatic rings. The van der Waals surface area contributed by atoms with Gasteiger partial charge in [-0.3, -0.25) is 4.79 Å². The third kappa shape index (κ3) is 7.55. The monoisotopic (exact) mass is 624 g/mol. The average Bonchev–Trinajstić information content (AvgIpc) is 3.72. The maximum absolute atomic E-state index is 12.1. The van der Waals surface area contributed by atoms with E-state index in [1.165, 1.54) is 16.8 Å². The average molecular weight is 625 g/mol. The predicted octanol–water partition coefficient (Wildman–Crippen LogP) is 7.64. The normalized spacial score (nSPS) is 27.1. The Labute approximate surface area is 263 Å². The molecule has 0 bridgehead atoms. The van der Waals surface area contributed by atoms with Crippen molar-refractivity contribution in [3.63, 3.8) is 0 Å². The fraction of sp³-hybridized carbons (Fsp3) is 0.639. The van der Waals surface area contributed by atoms with Crippen molar-refractivity contribution >= 4 is 33.0 Å². The minimum Gasteiger partial charge on any atom is -0.481 e. The van der Waals surface area contributed by atoms with E-state index in [1.807, 2.05) is 0 Å². The minimum absolute atomic E-state index is 0.0127. The number of carbonyl (C=O) groups is 1. The number of aliphatic carboxylic acids is 1. The largest absolute Gasteiger partial charge is 0.481 e. The fourth-order valence-corrected chi connectivity index (χ4v) is 15.2. The van der Waals surface area contributed by atoms with Crippen LogP contribution in [0.25, 0.3) is 0 Å². The molecule has 1 saturated heterocycles. The lowest BCUT2D eigenvalue weighted by Crippen LogP contribution is -2.69. The lowest BCUT2D eigenvalue weighted by Gasteiger charge is -2.49. The Hall–Kier alpha value is -1.78. The predicted molar refractivity (Wildman–Crippen MR) is 181 cm³/mol. The fourth-order valence-electron chi connectivity index (χ4n) is 7.53. The van der Waals surface area contributed by atoms with Crippen LogP contribution in [0, 0.1) is 17.8 Å². The molecule has 1 saturated carbocycles. The summed E-state index contributed by atoms with van der Waals surface area (Å²) in [6.07, 6.45) is 2.30. The number of ether oxygens (including phenoxy) is 1. The molecule has 2 fully saturated rings. The molecule has 7 atom stereocenters. The molecule has 1 N–H and O–H groups in total. The Morgan fingerprint density at radius 3 is 1.86 bits per heavy atom. The number of hydrogen-bond acceptors (Lipinski definition) is 4. The van der Waals surface area contributed by atoms with Gasteiger partial charge in [0.1, 0.15) is 0 Å². The van der Waals surface area contributed by atoms with Gasteiger partial charge in [0, 0.05) is 5.92 Å². The van der Waals surface area contributed by atoms with Gasteiger partial charge < -0.3 is 18.7 Å². The second-order valence-electron chi connectivity index (χ2n) is 14.3. The van der Waals surface area contributed by atoms with Crippen LogP contribution in [-0.2, 0) is 18.4 Å². The lowest BCUT2D eigenvalue weighted by molar-refractivity contribution is -0.158. The maximum atomic E-state index is 12.1. The minimum atomic E-state index is -2.82. The highest BCUT2D eigenvalue weighted by atomic mass is 28.4. The van der Waals surface area contributed by atoms with Crippen LogP contribution in [0.3, 0.4) is 0 Å². The van der Waals surface area contributed by atoms with Crippen LogP contribution in [0.15, 0.2) is 60.7 Å². The summed E-state index contributed by atoms with van der Waals surface area (Å²) in [5.74, 6) is 0.362. The quantitative estimate of drug-likeness (QED) is 0.219. The molecule has 0 amide bonds. The molecule has 0 unspecified atom stereocenters. The van der Waals surface area contributed by atoms with Gasteiger partial charge in [0.05, 0.1) is 30.8 Å². The number of benzene rings is 2. The van der Waals surface area contributed by atoms with Crippen LogP contribution in [-0.4, -0.2) is 52.1 Å². The van der Waals surface area contributed by atoms with Crippen LogP contribution < -0.4 is 10.4 Å². The Balaban J connectivity index is 1.72. The molecule has 1 aliphatic heterocycles. The van der Waals surface area contributed by atoms with E-state index < -0.39 is 28.7 Å². The zero-order chi connectivity index (χ0) is 31.4. The number of hydrogen-bond donors (Lipinski definition) is 1. The molecule has 238 valence electrons. The van der Waals surface area contributed by atoms with Crippen molar-refractivity contribution in [1.82, 2.24) is 0 Å². The van der Waals surface area contributed by atoms with E-state index in [1.54, 1.807) is 0 Å². The maximum Gasteiger partial charge on any atom is 0.305 e. The first-order valence-electron chi connectivity index (χ1n) is 16.7. The second kappa shape index (κ2) is 14.1. The number of carboxylic acids is 1. The summed E-state index contributed by atoms with van der Waals surface area (Å²) in [7, 11) is -4.64. The molecular weight excluding hydrogens is 569 g/mol. The molecule has 0 aromatic heterocycles. The smallest absolute Gasteiger partial charge is 0.305 e. The zero-order valence-corrected chi connectivity index (χ0v) is 29.8. The van der Waals surface area contributed by atoms with E-state index in [-0.39, 0.29) is 35.7 Å². The van der Waals surface area contributed by atoms with E-state index in [0.717, 1.165) is 31.0 Å². The van der Waals surface area contributed by atoms with Gasteiger partial charge in [-0.15, -0.1) is 0 Å². The van der Waals surface area contributed by atoms with Gasteiger partial charge in [0.2, 0.25) is 0 Å². The lowest BCUT2D eigenvalue weighted by atomic mass is 9.87. The molecule has 43 heavy (non-hydrogen) atoms. The van der Waals surface area contributed by atoms with Crippen molar-refractivity contribution in [2.45, 2.75) is 129 Å². The van der Waals surface area contributed by atoms with Crippen molar-refractivity contribution in [2.24, 2.45) is 17.8 Å². The van der Waals surface area contributed by atoms with Gasteiger partial charge >= 0.3 is 5.97 Å². The van der Waals surface area contributed by atoms with Gasteiger partial charge in [-0.25, -0.2) is 0 Å². The molecule has 2 aliphatic rings. The Morgan fingerprint density at radius 2 is 1.44 bits per heavy atom. The molecule has 4 rings (SSSR count). The standard InChI is InChI=1S/C36H56O5Si2/c1-9-42(10-2,11-3)40-34(31-22-26(31)4)24-28-23-33(27(5)32(39-28)25-35(37)38)41-43(36(6,7)8,29-18-14-12-15-19-29)30-20-16-13-17-21-30/h12-21,26-28,31-34H,9-11,22-25H2,1-8H3,(H,37,38)/t26-,27+,28+,31-,32+,33+,34+/m1/s1. The Morgan fingerprint density at radius 1 is 0.930 bits per heavy atom. The van der Waals surface area contributed by atoms with E-state index >= 15 is 0 Å². The molecule has 0 spiro atoms. The topological polar surface area (TPSA) is 65.0 Å². The third-order valence-electron chi connectivity index (χ3n) is 10.6. The van der Waals surface area contributed by atoms with E-state index in [9.17, 15) is 9.90 Å². The summed E-state index contributed by atoms with van der Waals surface area (Å²) < 4.78 is 21.5. The Bertz CT molecular complexity index is 1120. The first-order chi connectivity index (χ1) is 20.4. The van der Waals surface area contributed by atoms with Gasteiger partial charge in [-0.1, -0.05) is 116 Å². The van der Waals surface area contributed by atoms with Gasteiger partial charge in [-0.2, -0.15) is 0 Å². The number of rotatable bonds is 14. The Kier molecular flexibility index (Phi) is 11.2. The third-order valence-corrected chi connectivity index (χ3v) is 20.4. The van der Waals surface area contributed by atoms with Gasteiger partial charge in [-0.05, 0) is 64.6 Å². The summed E-state index contributed by atoms with van der Waals surface area (Å²) in [4.78, 5) is 12.1. The van der Waals surface area contributed by atoms with Crippen LogP contribution >= 0.6 is 0 Å². The highest BCUT2D eigenvalue weighted by Crippen LogP contribution is 2.47.